The smallest absolute Gasteiger partial charge is 0.247 e. The number of carbonyl (C=O) groups excluding carboxylic acids is 1. The van der Waals surface area contributed by atoms with Crippen molar-refractivity contribution in [3.63, 3.8) is 0 Å². The lowest BCUT2D eigenvalue weighted by molar-refractivity contribution is -0.117. The Bertz CT molecular complexity index is 647. The maximum absolute atomic E-state index is 12.0. The van der Waals surface area contributed by atoms with E-state index in [1.54, 1.807) is 0 Å². The molecule has 1 aromatic carbocycles. The van der Waals surface area contributed by atoms with Gasteiger partial charge in [0.1, 0.15) is 6.54 Å². The zero-order chi connectivity index (χ0) is 16.1. The van der Waals surface area contributed by atoms with Gasteiger partial charge in [-0.2, -0.15) is 9.90 Å². The zero-order valence-electron chi connectivity index (χ0n) is 13.2. The lowest BCUT2D eigenvalue weighted by Gasteiger charge is -2.22. The average Bonchev–Trinajstić information content (AvgIpc) is 2.88. The van der Waals surface area contributed by atoms with Crippen molar-refractivity contribution in [3.8, 4) is 0 Å². The highest BCUT2D eigenvalue weighted by atomic mass is 16.2. The van der Waals surface area contributed by atoms with Gasteiger partial charge < -0.3 is 16.0 Å². The first-order valence-corrected chi connectivity index (χ1v) is 7.34. The van der Waals surface area contributed by atoms with Gasteiger partial charge in [-0.1, -0.05) is 0 Å². The summed E-state index contributed by atoms with van der Waals surface area (Å²) in [7, 11) is 0. The molecule has 1 amide bonds. The molecule has 0 aliphatic rings. The van der Waals surface area contributed by atoms with Gasteiger partial charge in [0.05, 0.1) is 6.20 Å². The number of rotatable bonds is 6. The summed E-state index contributed by atoms with van der Waals surface area (Å²) < 4.78 is 0. The van der Waals surface area contributed by atoms with E-state index in [4.69, 9.17) is 5.73 Å². The van der Waals surface area contributed by atoms with E-state index in [1.165, 1.54) is 11.0 Å². The molecule has 0 saturated heterocycles. The fraction of sp³-hybridized carbons (Fsp3) is 0.400. The lowest BCUT2D eigenvalue weighted by atomic mass is 10.1. The average molecular weight is 302 g/mol. The Morgan fingerprint density at radius 2 is 2.09 bits per heavy atom. The van der Waals surface area contributed by atoms with E-state index >= 15 is 0 Å². The van der Waals surface area contributed by atoms with Crippen LogP contribution in [-0.4, -0.2) is 34.0 Å². The summed E-state index contributed by atoms with van der Waals surface area (Å²) in [5.41, 5.74) is 8.44. The number of carbonyl (C=O) groups is 1. The Morgan fingerprint density at radius 1 is 1.36 bits per heavy atom. The van der Waals surface area contributed by atoms with Crippen molar-refractivity contribution in [2.75, 3.05) is 29.0 Å². The van der Waals surface area contributed by atoms with E-state index < -0.39 is 0 Å². The summed E-state index contributed by atoms with van der Waals surface area (Å²) in [6.07, 6.45) is 1.41. The first-order valence-electron chi connectivity index (χ1n) is 7.34. The van der Waals surface area contributed by atoms with E-state index in [-0.39, 0.29) is 12.5 Å². The molecule has 0 aliphatic carbocycles. The molecule has 22 heavy (non-hydrogen) atoms. The molecular weight excluding hydrogens is 280 g/mol. The Kier molecular flexibility index (Phi) is 4.98. The van der Waals surface area contributed by atoms with Gasteiger partial charge in [-0.25, -0.2) is 0 Å². The van der Waals surface area contributed by atoms with Crippen LogP contribution in [0.1, 0.15) is 19.4 Å². The molecule has 0 fully saturated rings. The standard InChI is InChI=1S/C15H22N6O/c1-4-20(5-2)12-6-7-13(11(3)8-12)18-15(22)10-21-17-9-14(16)19-21/h6-9H,4-5,10H2,1-3H3,(H2,16,19)(H,18,22). The molecule has 2 aromatic rings. The van der Waals surface area contributed by atoms with Crippen LogP contribution in [0.2, 0.25) is 0 Å². The molecule has 1 heterocycles. The van der Waals surface area contributed by atoms with Crippen molar-refractivity contribution in [2.45, 2.75) is 27.3 Å². The predicted octanol–water partition coefficient (Wildman–Crippen LogP) is 1.65. The van der Waals surface area contributed by atoms with Gasteiger partial charge in [-0.15, -0.1) is 5.10 Å². The van der Waals surface area contributed by atoms with Gasteiger partial charge in [-0.3, -0.25) is 4.79 Å². The first-order chi connectivity index (χ1) is 10.5. The van der Waals surface area contributed by atoms with Crippen LogP contribution >= 0.6 is 0 Å². The number of aryl methyl sites for hydroxylation is 1. The minimum absolute atomic E-state index is 0.0361. The normalized spacial score (nSPS) is 10.5. The Hall–Kier alpha value is -2.57. The molecule has 0 unspecified atom stereocenters. The third-order valence-corrected chi connectivity index (χ3v) is 3.45. The molecule has 0 radical (unpaired) electrons. The fourth-order valence-corrected chi connectivity index (χ4v) is 2.28. The summed E-state index contributed by atoms with van der Waals surface area (Å²) in [5.74, 6) is 0.113. The topological polar surface area (TPSA) is 89.1 Å². The van der Waals surface area contributed by atoms with Crippen molar-refractivity contribution in [1.82, 2.24) is 15.0 Å². The van der Waals surface area contributed by atoms with E-state index in [1.807, 2.05) is 19.1 Å². The van der Waals surface area contributed by atoms with Gasteiger partial charge >= 0.3 is 0 Å². The SMILES string of the molecule is CCN(CC)c1ccc(NC(=O)Cn2ncc(N)n2)c(C)c1. The number of nitrogens with two attached hydrogens (primary N) is 1. The molecule has 1 aromatic heterocycles. The largest absolute Gasteiger partial charge is 0.381 e. The first kappa shape index (κ1) is 15.8. The summed E-state index contributed by atoms with van der Waals surface area (Å²) in [6, 6.07) is 6.01. The van der Waals surface area contributed by atoms with E-state index in [2.05, 4.69) is 40.3 Å². The van der Waals surface area contributed by atoms with E-state index in [0.29, 0.717) is 5.82 Å². The summed E-state index contributed by atoms with van der Waals surface area (Å²) in [6.45, 7) is 8.16. The van der Waals surface area contributed by atoms with E-state index in [0.717, 1.165) is 30.0 Å². The number of hydrogen-bond acceptors (Lipinski definition) is 5. The molecule has 118 valence electrons. The van der Waals surface area contributed by atoms with Crippen LogP contribution in [0.3, 0.4) is 0 Å². The maximum Gasteiger partial charge on any atom is 0.247 e. The predicted molar refractivity (Wildman–Crippen MR) is 87.8 cm³/mol. The third-order valence-electron chi connectivity index (χ3n) is 3.45. The lowest BCUT2D eigenvalue weighted by Crippen LogP contribution is -2.23. The molecule has 0 aliphatic heterocycles. The monoisotopic (exact) mass is 302 g/mol. The van der Waals surface area contributed by atoms with Crippen LogP contribution in [0.25, 0.3) is 0 Å². The van der Waals surface area contributed by atoms with Crippen LogP contribution in [0, 0.1) is 6.92 Å². The minimum atomic E-state index is -0.186. The molecular formula is C15H22N6O. The van der Waals surface area contributed by atoms with Gasteiger partial charge in [0, 0.05) is 24.5 Å². The van der Waals surface area contributed by atoms with Crippen LogP contribution in [0.5, 0.6) is 0 Å². The quantitative estimate of drug-likeness (QED) is 0.847. The Morgan fingerprint density at radius 3 is 2.64 bits per heavy atom. The van der Waals surface area contributed by atoms with Gasteiger partial charge in [0.25, 0.3) is 0 Å². The number of anilines is 3. The highest BCUT2D eigenvalue weighted by Crippen LogP contribution is 2.22. The summed E-state index contributed by atoms with van der Waals surface area (Å²) in [5, 5.41) is 10.7. The summed E-state index contributed by atoms with van der Waals surface area (Å²) in [4.78, 5) is 15.5. The number of hydrogen-bond donors (Lipinski definition) is 2. The molecule has 7 heteroatoms. The Balaban J connectivity index is 2.05. The second kappa shape index (κ2) is 6.93. The number of nitrogens with zero attached hydrogens (tertiary/aromatic N) is 4. The van der Waals surface area contributed by atoms with Gasteiger partial charge in [0.2, 0.25) is 5.91 Å². The van der Waals surface area contributed by atoms with Crippen LogP contribution in [-0.2, 0) is 11.3 Å². The minimum Gasteiger partial charge on any atom is -0.381 e. The molecule has 7 nitrogen and oxygen atoms in total. The molecule has 0 spiro atoms. The van der Waals surface area contributed by atoms with Crippen molar-refractivity contribution < 1.29 is 4.79 Å². The molecule has 0 saturated carbocycles. The fourth-order valence-electron chi connectivity index (χ4n) is 2.28. The highest BCUT2D eigenvalue weighted by molar-refractivity contribution is 5.91. The number of nitrogens with one attached hydrogen (secondary N) is 1. The summed E-state index contributed by atoms with van der Waals surface area (Å²) >= 11 is 0. The van der Waals surface area contributed by atoms with Gasteiger partial charge in [-0.05, 0) is 44.5 Å². The molecule has 0 bridgehead atoms. The number of aromatic nitrogens is 3. The van der Waals surface area contributed by atoms with Crippen molar-refractivity contribution in [3.05, 3.63) is 30.0 Å². The van der Waals surface area contributed by atoms with Crippen molar-refractivity contribution in [2.24, 2.45) is 0 Å². The zero-order valence-corrected chi connectivity index (χ0v) is 13.2. The Labute approximate surface area is 130 Å². The molecule has 0 atom stereocenters. The number of nitrogen functional groups attached to an aromatic ring is 1. The van der Waals surface area contributed by atoms with Gasteiger partial charge in [0.15, 0.2) is 5.82 Å². The van der Waals surface area contributed by atoms with Crippen molar-refractivity contribution in [1.29, 1.82) is 0 Å². The van der Waals surface area contributed by atoms with Crippen LogP contribution in [0.4, 0.5) is 17.2 Å². The van der Waals surface area contributed by atoms with Crippen LogP contribution in [0.15, 0.2) is 24.4 Å². The molecule has 3 N–H and O–H groups in total. The highest BCUT2D eigenvalue weighted by Gasteiger charge is 2.09. The second-order valence-electron chi connectivity index (χ2n) is 5.02. The number of benzene rings is 1. The van der Waals surface area contributed by atoms with E-state index in [9.17, 15) is 4.79 Å². The third kappa shape index (κ3) is 3.75. The molecule has 2 rings (SSSR count). The number of amides is 1. The maximum atomic E-state index is 12.0. The second-order valence-corrected chi connectivity index (χ2v) is 5.02. The van der Waals surface area contributed by atoms with Crippen molar-refractivity contribution >= 4 is 23.1 Å². The van der Waals surface area contributed by atoms with Crippen LogP contribution < -0.4 is 16.0 Å².